The first-order chi connectivity index (χ1) is 12.9. The zero-order valence-corrected chi connectivity index (χ0v) is 15.4. The molecular weight excluding hydrogens is 369 g/mol. The van der Waals surface area contributed by atoms with Gasteiger partial charge in [-0.15, -0.1) is 0 Å². The number of carbonyl (C=O) groups is 1. The Bertz CT molecular complexity index is 978. The lowest BCUT2D eigenvalue weighted by atomic mass is 10.3. The Morgan fingerprint density at radius 3 is 2.30 bits per heavy atom. The van der Waals surface area contributed by atoms with Crippen LogP contribution in [0.25, 0.3) is 0 Å². The number of nitrogens with zero attached hydrogens (tertiary/aromatic N) is 2. The second-order valence-electron chi connectivity index (χ2n) is 5.86. The molecule has 3 rings (SSSR count). The number of hydrogen-bond acceptors (Lipinski definition) is 5. The molecule has 0 bridgehead atoms. The molecule has 1 amide bonds. The topological polar surface area (TPSA) is 78.9 Å². The Morgan fingerprint density at radius 2 is 1.63 bits per heavy atom. The van der Waals surface area contributed by atoms with Crippen LogP contribution in [0.3, 0.4) is 0 Å². The molecular formula is C19H17ClFN5O. The van der Waals surface area contributed by atoms with E-state index in [-0.39, 0.29) is 10.9 Å². The molecule has 6 nitrogen and oxygen atoms in total. The molecule has 2 aromatic carbocycles. The number of benzene rings is 2. The number of nitrogens with one attached hydrogen (secondary N) is 3. The van der Waals surface area contributed by atoms with Gasteiger partial charge >= 0.3 is 0 Å². The summed E-state index contributed by atoms with van der Waals surface area (Å²) in [4.78, 5) is 19.8. The van der Waals surface area contributed by atoms with Gasteiger partial charge in [-0.05, 0) is 49.4 Å². The van der Waals surface area contributed by atoms with E-state index in [1.807, 2.05) is 19.1 Å². The van der Waals surface area contributed by atoms with Gasteiger partial charge in [-0.1, -0.05) is 11.6 Å². The molecule has 0 aliphatic rings. The van der Waals surface area contributed by atoms with E-state index >= 15 is 0 Å². The van der Waals surface area contributed by atoms with E-state index in [1.54, 1.807) is 24.3 Å². The first-order valence-electron chi connectivity index (χ1n) is 8.11. The molecule has 0 spiro atoms. The molecule has 0 atom stereocenters. The molecule has 0 aliphatic heterocycles. The fourth-order valence-electron chi connectivity index (χ4n) is 2.38. The summed E-state index contributed by atoms with van der Waals surface area (Å²) >= 11 is 5.81. The van der Waals surface area contributed by atoms with Crippen molar-refractivity contribution in [3.05, 3.63) is 65.1 Å². The maximum atomic E-state index is 13.3. The summed E-state index contributed by atoms with van der Waals surface area (Å²) < 4.78 is 13.3. The highest BCUT2D eigenvalue weighted by molar-refractivity contribution is 6.31. The van der Waals surface area contributed by atoms with E-state index < -0.39 is 5.82 Å². The van der Waals surface area contributed by atoms with Crippen LogP contribution in [0.4, 0.5) is 33.2 Å². The van der Waals surface area contributed by atoms with E-state index in [0.717, 1.165) is 11.4 Å². The lowest BCUT2D eigenvalue weighted by Gasteiger charge is -2.11. The fraction of sp³-hybridized carbons (Fsp3) is 0.105. The lowest BCUT2D eigenvalue weighted by molar-refractivity contribution is -0.114. The van der Waals surface area contributed by atoms with Crippen molar-refractivity contribution in [2.24, 2.45) is 0 Å². The smallest absolute Gasteiger partial charge is 0.229 e. The summed E-state index contributed by atoms with van der Waals surface area (Å²) in [6.45, 7) is 3.30. The van der Waals surface area contributed by atoms with E-state index in [9.17, 15) is 9.18 Å². The lowest BCUT2D eigenvalue weighted by Crippen LogP contribution is -2.06. The average Bonchev–Trinajstić information content (AvgIpc) is 2.59. The van der Waals surface area contributed by atoms with Crippen molar-refractivity contribution in [3.63, 3.8) is 0 Å². The van der Waals surface area contributed by atoms with Crippen molar-refractivity contribution in [1.29, 1.82) is 0 Å². The number of amides is 1. The predicted octanol–water partition coefficient (Wildman–Crippen LogP) is 5.02. The van der Waals surface area contributed by atoms with Gasteiger partial charge in [0.25, 0.3) is 0 Å². The molecule has 0 saturated heterocycles. The molecule has 1 heterocycles. The van der Waals surface area contributed by atoms with E-state index in [2.05, 4.69) is 25.9 Å². The van der Waals surface area contributed by atoms with Crippen LogP contribution in [0.2, 0.25) is 5.02 Å². The normalized spacial score (nSPS) is 10.4. The first-order valence-corrected chi connectivity index (χ1v) is 8.49. The van der Waals surface area contributed by atoms with Crippen LogP contribution in [0, 0.1) is 12.7 Å². The van der Waals surface area contributed by atoms with Gasteiger partial charge in [0.15, 0.2) is 0 Å². The SMILES string of the molecule is CC(=O)Nc1ccc(Nc2nc(C)cc(Nc3ccc(F)c(Cl)c3)n2)cc1. The fourth-order valence-corrected chi connectivity index (χ4v) is 2.56. The Labute approximate surface area is 160 Å². The number of halogens is 2. The molecule has 138 valence electrons. The third-order valence-corrected chi connectivity index (χ3v) is 3.80. The van der Waals surface area contributed by atoms with Crippen LogP contribution in [-0.2, 0) is 4.79 Å². The molecule has 1 aromatic heterocycles. The first kappa shape index (κ1) is 18.6. The minimum absolute atomic E-state index is 0.0309. The largest absolute Gasteiger partial charge is 0.340 e. The molecule has 8 heteroatoms. The number of carbonyl (C=O) groups excluding carboxylic acids is 1. The van der Waals surface area contributed by atoms with Gasteiger partial charge < -0.3 is 16.0 Å². The Balaban J connectivity index is 1.76. The van der Waals surface area contributed by atoms with Gasteiger partial charge in [0.2, 0.25) is 11.9 Å². The Hall–Kier alpha value is -3.19. The van der Waals surface area contributed by atoms with Crippen LogP contribution in [-0.4, -0.2) is 15.9 Å². The van der Waals surface area contributed by atoms with Crippen molar-refractivity contribution in [2.75, 3.05) is 16.0 Å². The quantitative estimate of drug-likeness (QED) is 0.574. The molecule has 0 aliphatic carbocycles. The predicted molar refractivity (Wildman–Crippen MR) is 105 cm³/mol. The average molecular weight is 386 g/mol. The second kappa shape index (κ2) is 8.01. The van der Waals surface area contributed by atoms with Crippen LogP contribution >= 0.6 is 11.6 Å². The van der Waals surface area contributed by atoms with Gasteiger partial charge in [0, 0.05) is 35.7 Å². The van der Waals surface area contributed by atoms with Crippen LogP contribution in [0.1, 0.15) is 12.6 Å². The molecule has 27 heavy (non-hydrogen) atoms. The van der Waals surface area contributed by atoms with Crippen LogP contribution in [0.5, 0.6) is 0 Å². The number of aromatic nitrogens is 2. The van der Waals surface area contributed by atoms with E-state index in [0.29, 0.717) is 23.1 Å². The maximum Gasteiger partial charge on any atom is 0.229 e. The Morgan fingerprint density at radius 1 is 0.963 bits per heavy atom. The maximum absolute atomic E-state index is 13.3. The second-order valence-corrected chi connectivity index (χ2v) is 6.26. The van der Waals surface area contributed by atoms with E-state index in [4.69, 9.17) is 11.6 Å². The van der Waals surface area contributed by atoms with Crippen molar-refractivity contribution in [1.82, 2.24) is 9.97 Å². The van der Waals surface area contributed by atoms with Crippen LogP contribution < -0.4 is 16.0 Å². The summed E-state index contributed by atoms with van der Waals surface area (Å²) in [6, 6.07) is 13.3. The molecule has 3 N–H and O–H groups in total. The summed E-state index contributed by atoms with van der Waals surface area (Å²) in [6.07, 6.45) is 0. The summed E-state index contributed by atoms with van der Waals surface area (Å²) in [5, 5.41) is 8.93. The highest BCUT2D eigenvalue weighted by Crippen LogP contribution is 2.23. The number of hydrogen-bond donors (Lipinski definition) is 3. The third kappa shape index (κ3) is 5.15. The zero-order chi connectivity index (χ0) is 19.4. The van der Waals surface area contributed by atoms with E-state index in [1.165, 1.54) is 19.1 Å². The Kier molecular flexibility index (Phi) is 5.52. The van der Waals surface area contributed by atoms with Gasteiger partial charge in [-0.2, -0.15) is 4.98 Å². The van der Waals surface area contributed by atoms with Gasteiger partial charge in [0.1, 0.15) is 11.6 Å². The molecule has 0 saturated carbocycles. The number of anilines is 5. The minimum Gasteiger partial charge on any atom is -0.340 e. The van der Waals surface area contributed by atoms with Gasteiger partial charge in [-0.25, -0.2) is 9.37 Å². The van der Waals surface area contributed by atoms with Gasteiger partial charge in [0.05, 0.1) is 5.02 Å². The zero-order valence-electron chi connectivity index (χ0n) is 14.7. The van der Waals surface area contributed by atoms with Crippen molar-refractivity contribution in [3.8, 4) is 0 Å². The molecule has 3 aromatic rings. The molecule has 0 unspecified atom stereocenters. The van der Waals surface area contributed by atoms with Crippen LogP contribution in [0.15, 0.2) is 48.5 Å². The highest BCUT2D eigenvalue weighted by atomic mass is 35.5. The molecule has 0 radical (unpaired) electrons. The van der Waals surface area contributed by atoms with Crippen molar-refractivity contribution in [2.45, 2.75) is 13.8 Å². The number of rotatable bonds is 5. The highest BCUT2D eigenvalue weighted by Gasteiger charge is 2.06. The molecule has 0 fully saturated rings. The summed E-state index contributed by atoms with van der Waals surface area (Å²) in [5.41, 5.74) is 2.84. The summed E-state index contributed by atoms with van der Waals surface area (Å²) in [5.74, 6) is 0.334. The van der Waals surface area contributed by atoms with Gasteiger partial charge in [-0.3, -0.25) is 4.79 Å². The minimum atomic E-state index is -0.480. The summed E-state index contributed by atoms with van der Waals surface area (Å²) in [7, 11) is 0. The van der Waals surface area contributed by atoms with Crippen molar-refractivity contribution >= 4 is 46.3 Å². The standard InChI is InChI=1S/C19H17ClFN5O/c1-11-9-18(24-15-7-8-17(21)16(20)10-15)26-19(22-11)25-14-5-3-13(4-6-14)23-12(2)27/h3-10H,1-2H3,(H,23,27)(H2,22,24,25,26). The number of aryl methyl sites for hydroxylation is 1. The monoisotopic (exact) mass is 385 g/mol. The van der Waals surface area contributed by atoms with Crippen molar-refractivity contribution < 1.29 is 9.18 Å². The third-order valence-electron chi connectivity index (χ3n) is 3.51.